The van der Waals surface area contributed by atoms with E-state index >= 15 is 14.4 Å². The molecule has 0 saturated heterocycles. The number of aliphatic hydroxyl groups excluding tert-OH is 3. The van der Waals surface area contributed by atoms with Gasteiger partial charge in [0.25, 0.3) is 0 Å². The van der Waals surface area contributed by atoms with Gasteiger partial charge in [-0.1, -0.05) is 87.8 Å². The number of rotatable bonds is 63. The number of benzene rings is 1. The molecule has 0 spiro atoms. The molecule has 48 heteroatoms. The molecule has 0 heterocycles. The zero-order chi connectivity index (χ0) is 98.9. The number of aliphatic hydroxyl groups is 3. The third-order valence-electron chi connectivity index (χ3n) is 20.4. The molecule has 1 rings (SSSR count). The predicted octanol–water partition coefficient (Wildman–Crippen LogP) is -7.91. The summed E-state index contributed by atoms with van der Waals surface area (Å²) in [6, 6.07) is -17.3. The summed E-state index contributed by atoms with van der Waals surface area (Å²) in [5, 5.41) is 87.9. The minimum absolute atomic E-state index is 0.00444. The van der Waals surface area contributed by atoms with Crippen molar-refractivity contribution < 1.29 is 97.5 Å². The molecule has 736 valence electrons. The van der Waals surface area contributed by atoms with Crippen molar-refractivity contribution in [2.75, 3.05) is 39.3 Å². The van der Waals surface area contributed by atoms with Crippen molar-refractivity contribution in [1.82, 2.24) is 74.4 Å². The van der Waals surface area contributed by atoms with Gasteiger partial charge in [0.05, 0.1) is 24.9 Å². The second-order valence-corrected chi connectivity index (χ2v) is 33.8. The van der Waals surface area contributed by atoms with Crippen LogP contribution in [0.15, 0.2) is 44.2 Å². The summed E-state index contributed by atoms with van der Waals surface area (Å²) in [4.78, 5) is 229. The molecule has 0 fully saturated rings. The number of hydrogen-bond donors (Lipinski definition) is 29. The summed E-state index contributed by atoms with van der Waals surface area (Å²) in [6.07, 6.45) is -3.62. The maximum Gasteiger partial charge on any atom is 0.326 e. The zero-order valence-electron chi connectivity index (χ0n) is 77.0. The number of nitrogens with one attached hydrogen (secondary N) is 14. The number of aromatic hydroxyl groups is 1. The van der Waals surface area contributed by atoms with E-state index < -0.39 is 204 Å². The SMILES string of the molecule is CC[C@H](C)[C@H](NC(=O)[C@H](CC(C)C)NC(=O)[C@H](CO)NC(=O)[C@@H](NC(=O)[C@H](CC(C)C)NC(=O)[C@@H](NC(=O)[C@@H](N)C(C)C)[C@@H](C)O)[C@@H](C)O)C(=O)N[C@@H](CC(C)C)C(=O)N[C@@H](Cc1ccc(O)cc1)C(=O)N[C@@H](CCCN=C(N)N)C(=O)N[C@@H](CCCN=C(N)N)C(=O)N[C@@H](CCCCN)C(=O)N[C@@H](CCCN=C(N)N)C(=O)N[C@@H](C)C(=O)N[C@@H](CCCN=C(N)N)C(=O)O. The van der Waals surface area contributed by atoms with Crippen LogP contribution in [0.5, 0.6) is 5.75 Å². The van der Waals surface area contributed by atoms with Gasteiger partial charge in [-0.15, -0.1) is 0 Å². The fourth-order valence-corrected chi connectivity index (χ4v) is 12.9. The largest absolute Gasteiger partial charge is 0.508 e. The molecule has 14 amide bonds. The number of carboxylic acid groups (broad SMARTS) is 1. The van der Waals surface area contributed by atoms with E-state index in [1.807, 2.05) is 0 Å². The smallest absolute Gasteiger partial charge is 0.326 e. The zero-order valence-corrected chi connectivity index (χ0v) is 77.0. The van der Waals surface area contributed by atoms with Gasteiger partial charge in [0.15, 0.2) is 23.8 Å². The lowest BCUT2D eigenvalue weighted by Gasteiger charge is -2.31. The summed E-state index contributed by atoms with van der Waals surface area (Å²) in [5.41, 5.74) is 56.7. The minimum atomic E-state index is -1.86. The molecule has 0 radical (unpaired) electrons. The second kappa shape index (κ2) is 60.7. The van der Waals surface area contributed by atoms with Gasteiger partial charge in [0.1, 0.15) is 90.3 Å². The Morgan fingerprint density at radius 2 is 0.631 bits per heavy atom. The lowest BCUT2D eigenvalue weighted by Crippen LogP contribution is -2.63. The van der Waals surface area contributed by atoms with Crippen molar-refractivity contribution in [2.45, 2.75) is 296 Å². The van der Waals surface area contributed by atoms with Gasteiger partial charge in [-0.2, -0.15) is 0 Å². The van der Waals surface area contributed by atoms with Gasteiger partial charge in [0.2, 0.25) is 82.7 Å². The first-order chi connectivity index (χ1) is 60.9. The Kier molecular flexibility index (Phi) is 54.1. The van der Waals surface area contributed by atoms with E-state index in [0.29, 0.717) is 12.0 Å². The Balaban J connectivity index is 3.94. The number of aliphatic imine (C=N–C) groups is 4. The van der Waals surface area contributed by atoms with Crippen LogP contribution in [0, 0.1) is 29.6 Å². The molecule has 1 aromatic rings. The van der Waals surface area contributed by atoms with E-state index in [9.17, 15) is 83.1 Å². The third-order valence-corrected chi connectivity index (χ3v) is 20.4. The van der Waals surface area contributed by atoms with Crippen molar-refractivity contribution >= 4 is 113 Å². The van der Waals surface area contributed by atoms with Crippen LogP contribution in [-0.2, 0) is 78.3 Å². The number of nitrogens with zero attached hydrogens (tertiary/aromatic N) is 4. The number of carbonyl (C=O) groups is 15. The summed E-state index contributed by atoms with van der Waals surface area (Å²) >= 11 is 0. The number of amides is 14. The van der Waals surface area contributed by atoms with Crippen LogP contribution in [0.25, 0.3) is 0 Å². The van der Waals surface area contributed by atoms with Gasteiger partial charge >= 0.3 is 5.97 Å². The van der Waals surface area contributed by atoms with Crippen LogP contribution >= 0.6 is 0 Å². The molecule has 39 N–H and O–H groups in total. The summed E-state index contributed by atoms with van der Waals surface area (Å²) < 4.78 is 0. The van der Waals surface area contributed by atoms with Crippen molar-refractivity contribution in [2.24, 2.45) is 107 Å². The average Bonchev–Trinajstić information content (AvgIpc) is 0.842. The first-order valence-electron chi connectivity index (χ1n) is 43.8. The quantitative estimate of drug-likeness (QED) is 0.0164. The molecule has 0 saturated carbocycles. The Morgan fingerprint density at radius 1 is 0.346 bits per heavy atom. The molecule has 48 nitrogen and oxygen atoms in total. The van der Waals surface area contributed by atoms with Gasteiger partial charge in [-0.05, 0) is 164 Å². The van der Waals surface area contributed by atoms with Crippen LogP contribution in [0.4, 0.5) is 0 Å². The molecule has 1 aromatic carbocycles. The first kappa shape index (κ1) is 116. The van der Waals surface area contributed by atoms with E-state index in [0.717, 1.165) is 6.92 Å². The summed E-state index contributed by atoms with van der Waals surface area (Å²) in [6.45, 7) is 19.5. The van der Waals surface area contributed by atoms with Crippen LogP contribution in [0.1, 0.15) is 192 Å². The topological polar surface area (TPSA) is 835 Å². The molecule has 0 aliphatic carbocycles. The average molecular weight is 1850 g/mol. The first-order valence-corrected chi connectivity index (χ1v) is 43.8. The highest BCUT2D eigenvalue weighted by atomic mass is 16.4. The van der Waals surface area contributed by atoms with Gasteiger partial charge < -0.3 is 157 Å². The number of guanidine groups is 4. The van der Waals surface area contributed by atoms with Gasteiger partial charge in [0, 0.05) is 32.6 Å². The lowest BCUT2D eigenvalue weighted by atomic mass is 9.95. The molecular weight excluding hydrogens is 1700 g/mol. The number of carbonyl (C=O) groups excluding carboxylic acids is 14. The number of nitrogens with two attached hydrogens (primary N) is 10. The highest BCUT2D eigenvalue weighted by Gasteiger charge is 2.41. The van der Waals surface area contributed by atoms with Gasteiger partial charge in [-0.25, -0.2) is 4.79 Å². The number of unbranched alkanes of at least 4 members (excludes halogenated alkanes) is 1. The fraction of sp³-hybridized carbons (Fsp3) is 0.695. The van der Waals surface area contributed by atoms with E-state index in [2.05, 4.69) is 94.4 Å². The summed E-state index contributed by atoms with van der Waals surface area (Å²) in [5.74, 6) is -18.4. The molecule has 0 bridgehead atoms. The van der Waals surface area contributed by atoms with Crippen LogP contribution in [0.3, 0.4) is 0 Å². The predicted molar refractivity (Wildman–Crippen MR) is 486 cm³/mol. The number of hydrogen-bond acceptors (Lipinski definition) is 25. The van der Waals surface area contributed by atoms with Crippen LogP contribution < -0.4 is 132 Å². The highest BCUT2D eigenvalue weighted by molar-refractivity contribution is 6.01. The number of phenols is 1. The molecular formula is C82H148N28O20. The molecule has 0 aliphatic heterocycles. The van der Waals surface area contributed by atoms with Crippen molar-refractivity contribution in [3.8, 4) is 5.75 Å². The van der Waals surface area contributed by atoms with Gasteiger partial charge in [-0.3, -0.25) is 87.1 Å². The lowest BCUT2D eigenvalue weighted by molar-refractivity contribution is -0.142. The van der Waals surface area contributed by atoms with Crippen LogP contribution in [-0.4, -0.2) is 280 Å². The van der Waals surface area contributed by atoms with Crippen molar-refractivity contribution in [3.63, 3.8) is 0 Å². The van der Waals surface area contributed by atoms with Crippen molar-refractivity contribution in [3.05, 3.63) is 29.8 Å². The van der Waals surface area contributed by atoms with E-state index in [1.165, 1.54) is 38.1 Å². The van der Waals surface area contributed by atoms with Crippen molar-refractivity contribution in [1.29, 1.82) is 0 Å². The Morgan fingerprint density at radius 3 is 0.969 bits per heavy atom. The maximum atomic E-state index is 15.2. The fourth-order valence-electron chi connectivity index (χ4n) is 12.9. The number of phenolic OH excluding ortho intramolecular Hbond substituents is 1. The highest BCUT2D eigenvalue weighted by Crippen LogP contribution is 2.19. The molecule has 18 atom stereocenters. The van der Waals surface area contributed by atoms with E-state index in [1.54, 1.807) is 69.2 Å². The molecule has 0 aliphatic rings. The standard InChI is InChI=1S/C82H148N28O20/c1-14-44(10)61(108-71(122)56(36-41(4)5)103-73(124)59(39-111)107-77(128)62(46(12)112)109-72(123)57(37-42(6)7)106-76(127)63(47(13)113)110-74(125)60(84)43(8)9)75(126)105-55(35-40(2)3)69(120)104-58(38-48-26-28-49(114)29-27-48)70(121)101-53(24-19-33-95-81(89)90)68(119)100-52(23-18-32-94-80(87)88)67(118)98-50(21-15-16-30-83)66(117)99-51(22-17-31-93-79(85)86)65(116)97-45(11)64(115)102-54(78(129)130)25-20-34-96-82(91)92/h26-29,40-47,50-63,111-114H,14-25,30-39,83-84H2,1-13H3,(H,97,116)(H,98,118)(H,99,117)(H,100,119)(H,101,121)(H,102,115)(H,103,124)(H,104,120)(H,105,126)(H,106,127)(H,107,128)(H,108,122)(H,109,123)(H,110,125)(H,129,130)(H4,85,86,93)(H4,87,88,94)(H4,89,90,95)(H4,91,92,96)/t44-,45-,46+,47+,50-,51-,52-,53-,54-,55-,56-,57-,58-,59-,60-,61-,62-,63-/m0/s1. The van der Waals surface area contributed by atoms with Crippen LogP contribution in [0.2, 0.25) is 0 Å². The molecule has 0 unspecified atom stereocenters. The third kappa shape index (κ3) is 45.8. The summed E-state index contributed by atoms with van der Waals surface area (Å²) in [7, 11) is 0. The Bertz CT molecular complexity index is 3930. The normalized spacial score (nSPS) is 15.4. The molecule has 0 aromatic heterocycles. The Labute approximate surface area is 758 Å². The monoisotopic (exact) mass is 1850 g/mol. The number of aliphatic carboxylic acids is 1. The second-order valence-electron chi connectivity index (χ2n) is 33.8. The number of carboxylic acids is 1. The Hall–Kier alpha value is -12.0. The van der Waals surface area contributed by atoms with E-state index in [4.69, 9.17) is 57.3 Å². The van der Waals surface area contributed by atoms with E-state index in [-0.39, 0.29) is 182 Å². The molecule has 130 heavy (non-hydrogen) atoms. The maximum absolute atomic E-state index is 15.2. The minimum Gasteiger partial charge on any atom is -0.508 e.